The van der Waals surface area contributed by atoms with Crippen molar-refractivity contribution in [3.8, 4) is 0 Å². The topological polar surface area (TPSA) is 82.8 Å². The van der Waals surface area contributed by atoms with Crippen LogP contribution in [0.25, 0.3) is 5.70 Å². The maximum absolute atomic E-state index is 13.5. The Morgan fingerprint density at radius 3 is 2.39 bits per heavy atom. The molecule has 0 saturated heterocycles. The Kier molecular flexibility index (Phi) is 15.6. The van der Waals surface area contributed by atoms with Crippen molar-refractivity contribution >= 4 is 29.2 Å². The molecular weight excluding hydrogens is 424 g/mol. The third kappa shape index (κ3) is 11.2. The Morgan fingerprint density at radius 1 is 1.15 bits per heavy atom. The van der Waals surface area contributed by atoms with Crippen molar-refractivity contribution in [3.05, 3.63) is 66.2 Å². The smallest absolute Gasteiger partial charge is 0.204 e. The third-order valence-electron chi connectivity index (χ3n) is 4.29. The first kappa shape index (κ1) is 29.7. The normalized spacial score (nSPS) is 10.2. The molecule has 0 aromatic heterocycles. The fraction of sp³-hybridized carbons (Fsp3) is 0.360. The molecule has 8 heteroatoms. The number of carbonyl (C=O) groups excluding carboxylic acids is 1. The number of primary amides is 1. The average Bonchev–Trinajstić information content (AvgIpc) is 2.80. The Morgan fingerprint density at radius 2 is 1.79 bits per heavy atom. The molecule has 0 heterocycles. The summed E-state index contributed by atoms with van der Waals surface area (Å²) >= 11 is 0. The van der Waals surface area contributed by atoms with E-state index in [-0.39, 0.29) is 6.41 Å². The molecule has 6 nitrogen and oxygen atoms in total. The van der Waals surface area contributed by atoms with Gasteiger partial charge in [-0.1, -0.05) is 38.6 Å². The lowest BCUT2D eigenvalue weighted by Gasteiger charge is -2.19. The Labute approximate surface area is 196 Å². The maximum atomic E-state index is 13.5. The first-order chi connectivity index (χ1) is 15.8. The van der Waals surface area contributed by atoms with E-state index in [0.717, 1.165) is 48.2 Å². The first-order valence-electron chi connectivity index (χ1n) is 10.9. The number of benzene rings is 2. The Bertz CT molecular complexity index is 887. The number of hydrogen-bond acceptors (Lipinski definition) is 5. The zero-order valence-electron chi connectivity index (χ0n) is 20.3. The molecule has 2 rings (SSSR count). The van der Waals surface area contributed by atoms with E-state index in [0.29, 0.717) is 12.2 Å². The summed E-state index contributed by atoms with van der Waals surface area (Å²) in [7, 11) is 3.75. The zero-order valence-corrected chi connectivity index (χ0v) is 20.3. The highest BCUT2D eigenvalue weighted by Crippen LogP contribution is 2.24. The standard InChI is InChI=1S/C22H28F2N4.C2H6.CH3NO/c1-16(15-28(4)18-10-11-20(23)21(24)14-18)27-22-9-6-5-8-19(22)17(2)26-13-7-12-25-3;1-2;2-1-3/h5-6,8-11,14,25-26H,2,7,12-13,15H2,1,3-4H3;1-2H3;1H,(H2,2,3). The van der Waals surface area contributed by atoms with Crippen molar-refractivity contribution < 1.29 is 13.6 Å². The second-order valence-corrected chi connectivity index (χ2v) is 6.82. The van der Waals surface area contributed by atoms with Gasteiger partial charge in [0.2, 0.25) is 6.41 Å². The number of amides is 1. The number of nitrogens with one attached hydrogen (secondary N) is 2. The number of carbonyl (C=O) groups is 1. The summed E-state index contributed by atoms with van der Waals surface area (Å²) in [6.45, 7) is 12.3. The summed E-state index contributed by atoms with van der Waals surface area (Å²) in [4.78, 5) is 15.1. The summed E-state index contributed by atoms with van der Waals surface area (Å²) in [6.07, 6.45) is 1.25. The van der Waals surface area contributed by atoms with Crippen LogP contribution in [0.5, 0.6) is 0 Å². The molecule has 182 valence electrons. The van der Waals surface area contributed by atoms with E-state index in [1.165, 1.54) is 6.07 Å². The van der Waals surface area contributed by atoms with Crippen LogP contribution in [0.15, 0.2) is 54.0 Å². The molecule has 4 N–H and O–H groups in total. The number of halogens is 2. The Balaban J connectivity index is 0.00000189. The van der Waals surface area contributed by atoms with Crippen molar-refractivity contribution in [1.29, 1.82) is 0 Å². The van der Waals surface area contributed by atoms with E-state index in [4.69, 9.17) is 9.79 Å². The average molecular weight is 462 g/mol. The molecule has 0 radical (unpaired) electrons. The van der Waals surface area contributed by atoms with Gasteiger partial charge in [0.25, 0.3) is 0 Å². The molecular formula is C25H37F2N5O. The molecule has 33 heavy (non-hydrogen) atoms. The van der Waals surface area contributed by atoms with Gasteiger partial charge >= 0.3 is 0 Å². The maximum Gasteiger partial charge on any atom is 0.204 e. The predicted octanol–water partition coefficient (Wildman–Crippen LogP) is 4.49. The summed E-state index contributed by atoms with van der Waals surface area (Å²) < 4.78 is 26.6. The van der Waals surface area contributed by atoms with E-state index in [1.54, 1.807) is 6.07 Å². The molecule has 0 aliphatic carbocycles. The number of aliphatic imine (C=N–C) groups is 1. The van der Waals surface area contributed by atoms with Gasteiger partial charge in [-0.15, -0.1) is 0 Å². The van der Waals surface area contributed by atoms with Crippen molar-refractivity contribution in [2.45, 2.75) is 27.2 Å². The molecule has 0 aliphatic rings. The van der Waals surface area contributed by atoms with Crippen molar-refractivity contribution in [2.24, 2.45) is 10.7 Å². The van der Waals surface area contributed by atoms with Crippen molar-refractivity contribution in [2.75, 3.05) is 38.6 Å². The number of hydrogen-bond donors (Lipinski definition) is 3. The molecule has 0 aliphatic heterocycles. The molecule has 0 bridgehead atoms. The quantitative estimate of drug-likeness (QED) is 0.277. The monoisotopic (exact) mass is 461 g/mol. The van der Waals surface area contributed by atoms with Crippen LogP contribution in [-0.2, 0) is 4.79 Å². The lowest BCUT2D eigenvalue weighted by molar-refractivity contribution is -0.106. The van der Waals surface area contributed by atoms with Crippen LogP contribution in [0.1, 0.15) is 32.8 Å². The molecule has 1 amide bonds. The predicted molar refractivity (Wildman–Crippen MR) is 136 cm³/mol. The minimum Gasteiger partial charge on any atom is -0.385 e. The van der Waals surface area contributed by atoms with E-state index >= 15 is 0 Å². The van der Waals surface area contributed by atoms with Gasteiger partial charge in [-0.3, -0.25) is 9.79 Å². The zero-order chi connectivity index (χ0) is 25.2. The van der Waals surface area contributed by atoms with Gasteiger partial charge in [0.1, 0.15) is 0 Å². The van der Waals surface area contributed by atoms with E-state index in [2.05, 4.69) is 22.9 Å². The fourth-order valence-corrected chi connectivity index (χ4v) is 2.82. The van der Waals surface area contributed by atoms with Crippen LogP contribution in [0.2, 0.25) is 0 Å². The third-order valence-corrected chi connectivity index (χ3v) is 4.29. The van der Waals surface area contributed by atoms with Gasteiger partial charge < -0.3 is 21.3 Å². The van der Waals surface area contributed by atoms with Gasteiger partial charge in [-0.2, -0.15) is 0 Å². The molecule has 2 aromatic carbocycles. The lowest BCUT2D eigenvalue weighted by atomic mass is 10.1. The van der Waals surface area contributed by atoms with Crippen LogP contribution in [-0.4, -0.2) is 45.9 Å². The second-order valence-electron chi connectivity index (χ2n) is 6.82. The minimum atomic E-state index is -0.857. The summed E-state index contributed by atoms with van der Waals surface area (Å²) in [5.74, 6) is -1.71. The number of nitrogens with zero attached hydrogens (tertiary/aromatic N) is 2. The number of anilines is 1. The highest BCUT2D eigenvalue weighted by Gasteiger charge is 2.09. The highest BCUT2D eigenvalue weighted by molar-refractivity contribution is 5.90. The van der Waals surface area contributed by atoms with Crippen LogP contribution < -0.4 is 21.3 Å². The summed E-state index contributed by atoms with van der Waals surface area (Å²) in [5, 5.41) is 6.45. The van der Waals surface area contributed by atoms with Gasteiger partial charge in [-0.25, -0.2) is 8.78 Å². The van der Waals surface area contributed by atoms with Crippen LogP contribution in [0.3, 0.4) is 0 Å². The van der Waals surface area contributed by atoms with E-state index < -0.39 is 11.6 Å². The lowest BCUT2D eigenvalue weighted by Crippen LogP contribution is -2.24. The summed E-state index contributed by atoms with van der Waals surface area (Å²) in [5.41, 5.74) is 8.21. The highest BCUT2D eigenvalue weighted by atomic mass is 19.2. The van der Waals surface area contributed by atoms with Crippen LogP contribution in [0.4, 0.5) is 20.2 Å². The summed E-state index contributed by atoms with van der Waals surface area (Å²) in [6, 6.07) is 11.7. The van der Waals surface area contributed by atoms with E-state index in [1.807, 2.05) is 64.0 Å². The van der Waals surface area contributed by atoms with Crippen LogP contribution >= 0.6 is 0 Å². The number of rotatable bonds is 10. The minimum absolute atomic E-state index is 0.250. The van der Waals surface area contributed by atoms with Gasteiger partial charge in [0, 0.05) is 42.3 Å². The SMILES string of the molecule is C=C(NCCCNC)c1ccccc1N=C(C)CN(C)c1ccc(F)c(F)c1.CC.NC=O. The molecule has 2 aromatic rings. The molecule has 0 spiro atoms. The molecule has 0 fully saturated rings. The Hall–Kier alpha value is -3.26. The molecule has 0 atom stereocenters. The second kappa shape index (κ2) is 17.3. The van der Waals surface area contributed by atoms with Gasteiger partial charge in [0.15, 0.2) is 11.6 Å². The van der Waals surface area contributed by atoms with Crippen molar-refractivity contribution in [3.63, 3.8) is 0 Å². The molecule has 0 unspecified atom stereocenters. The van der Waals surface area contributed by atoms with Gasteiger partial charge in [0.05, 0.1) is 12.2 Å². The van der Waals surface area contributed by atoms with Crippen LogP contribution in [0, 0.1) is 11.6 Å². The first-order valence-corrected chi connectivity index (χ1v) is 10.9. The molecule has 0 saturated carbocycles. The largest absolute Gasteiger partial charge is 0.385 e. The van der Waals surface area contributed by atoms with Crippen molar-refractivity contribution in [1.82, 2.24) is 10.6 Å². The number of para-hydroxylation sites is 1. The van der Waals surface area contributed by atoms with E-state index in [9.17, 15) is 8.78 Å². The fourth-order valence-electron chi connectivity index (χ4n) is 2.82. The van der Waals surface area contributed by atoms with Gasteiger partial charge in [-0.05, 0) is 45.1 Å². The number of nitrogens with two attached hydrogens (primary N) is 1.